The van der Waals surface area contributed by atoms with Crippen LogP contribution in [0.25, 0.3) is 0 Å². The fourth-order valence-corrected chi connectivity index (χ4v) is 2.77. The normalized spacial score (nSPS) is 15.0. The number of benzene rings is 1. The molecule has 0 aromatic heterocycles. The van der Waals surface area contributed by atoms with Crippen LogP contribution in [0.1, 0.15) is 26.3 Å². The quantitative estimate of drug-likeness (QED) is 0.890. The Labute approximate surface area is 154 Å². The van der Waals surface area contributed by atoms with Crippen molar-refractivity contribution in [3.05, 3.63) is 29.6 Å². The fraction of sp³-hybridized carbons (Fsp3) is 0.579. The lowest BCUT2D eigenvalue weighted by Crippen LogP contribution is -2.54. The van der Waals surface area contributed by atoms with Crippen molar-refractivity contribution in [2.24, 2.45) is 5.41 Å². The van der Waals surface area contributed by atoms with Gasteiger partial charge in [-0.3, -0.25) is 4.79 Å². The van der Waals surface area contributed by atoms with E-state index in [0.29, 0.717) is 44.0 Å². The van der Waals surface area contributed by atoms with Crippen LogP contribution < -0.4 is 10.1 Å². The van der Waals surface area contributed by atoms with Gasteiger partial charge in [-0.2, -0.15) is 0 Å². The first-order chi connectivity index (χ1) is 12.2. The standard InChI is InChI=1S/C19H28FN3O3/c1-19(2,3)13-21-18(25)23-9-7-22(8-10-23)17(24)12-14-11-15(20)5-6-16(14)26-4/h5-6,11H,7-10,12-13H2,1-4H3,(H,21,25). The van der Waals surface area contributed by atoms with Crippen LogP contribution >= 0.6 is 0 Å². The summed E-state index contributed by atoms with van der Waals surface area (Å²) in [6, 6.07) is 4.06. The summed E-state index contributed by atoms with van der Waals surface area (Å²) in [5.41, 5.74) is 0.556. The number of hydrogen-bond acceptors (Lipinski definition) is 3. The second-order valence-electron chi connectivity index (χ2n) is 7.72. The van der Waals surface area contributed by atoms with Gasteiger partial charge in [-0.25, -0.2) is 9.18 Å². The third-order valence-corrected chi connectivity index (χ3v) is 4.27. The first kappa shape index (κ1) is 20.0. The van der Waals surface area contributed by atoms with Crippen molar-refractivity contribution < 1.29 is 18.7 Å². The third kappa shape index (κ3) is 5.61. The number of rotatable bonds is 4. The van der Waals surface area contributed by atoms with Crippen LogP contribution in [0.5, 0.6) is 5.75 Å². The molecule has 1 saturated heterocycles. The molecule has 0 bridgehead atoms. The van der Waals surface area contributed by atoms with Crippen molar-refractivity contribution in [1.82, 2.24) is 15.1 Å². The van der Waals surface area contributed by atoms with Gasteiger partial charge in [-0.1, -0.05) is 20.8 Å². The van der Waals surface area contributed by atoms with Crippen LogP contribution in [0.15, 0.2) is 18.2 Å². The number of methoxy groups -OCH3 is 1. The lowest BCUT2D eigenvalue weighted by Gasteiger charge is -2.35. The highest BCUT2D eigenvalue weighted by Gasteiger charge is 2.25. The minimum absolute atomic E-state index is 0.0253. The molecule has 1 heterocycles. The van der Waals surface area contributed by atoms with E-state index in [9.17, 15) is 14.0 Å². The van der Waals surface area contributed by atoms with E-state index in [1.54, 1.807) is 9.80 Å². The highest BCUT2D eigenvalue weighted by Crippen LogP contribution is 2.21. The molecule has 1 aromatic rings. The number of urea groups is 1. The predicted molar refractivity (Wildman–Crippen MR) is 97.7 cm³/mol. The molecule has 6 nitrogen and oxygen atoms in total. The van der Waals surface area contributed by atoms with Crippen molar-refractivity contribution in [3.63, 3.8) is 0 Å². The molecule has 0 atom stereocenters. The number of halogens is 1. The molecule has 0 spiro atoms. The van der Waals surface area contributed by atoms with Crippen LogP contribution in [-0.2, 0) is 11.2 Å². The lowest BCUT2D eigenvalue weighted by atomic mass is 9.97. The van der Waals surface area contributed by atoms with Crippen molar-refractivity contribution in [3.8, 4) is 5.75 Å². The molecule has 1 fully saturated rings. The number of carbonyl (C=O) groups excluding carboxylic acids is 2. The number of amides is 3. The molecule has 0 saturated carbocycles. The first-order valence-electron chi connectivity index (χ1n) is 8.82. The topological polar surface area (TPSA) is 61.9 Å². The van der Waals surface area contributed by atoms with Crippen LogP contribution in [0.2, 0.25) is 0 Å². The molecule has 3 amide bonds. The molecule has 7 heteroatoms. The van der Waals surface area contributed by atoms with E-state index in [1.807, 2.05) is 0 Å². The second kappa shape index (κ2) is 8.38. The summed E-state index contributed by atoms with van der Waals surface area (Å²) in [4.78, 5) is 28.1. The van der Waals surface area contributed by atoms with Gasteiger partial charge in [0.05, 0.1) is 13.5 Å². The van der Waals surface area contributed by atoms with Crippen molar-refractivity contribution in [2.75, 3.05) is 39.8 Å². The summed E-state index contributed by atoms with van der Waals surface area (Å²) >= 11 is 0. The zero-order valence-electron chi connectivity index (χ0n) is 16.0. The molecule has 1 aliphatic rings. The van der Waals surface area contributed by atoms with Gasteiger partial charge in [0.25, 0.3) is 0 Å². The molecular weight excluding hydrogens is 337 g/mol. The molecule has 144 valence electrons. The largest absolute Gasteiger partial charge is 0.496 e. The molecule has 0 aliphatic carbocycles. The Morgan fingerprint density at radius 2 is 1.77 bits per heavy atom. The molecule has 0 unspecified atom stereocenters. The summed E-state index contributed by atoms with van der Waals surface area (Å²) in [6.07, 6.45) is 0.0805. The monoisotopic (exact) mass is 365 g/mol. The Morgan fingerprint density at radius 3 is 2.35 bits per heavy atom. The van der Waals surface area contributed by atoms with Crippen LogP contribution in [0.4, 0.5) is 9.18 Å². The van der Waals surface area contributed by atoms with Gasteiger partial charge in [0.1, 0.15) is 11.6 Å². The van der Waals surface area contributed by atoms with E-state index in [4.69, 9.17) is 4.74 Å². The van der Waals surface area contributed by atoms with Gasteiger partial charge in [0.2, 0.25) is 5.91 Å². The lowest BCUT2D eigenvalue weighted by molar-refractivity contribution is -0.131. The van der Waals surface area contributed by atoms with Gasteiger partial charge in [0, 0.05) is 38.3 Å². The molecular formula is C19H28FN3O3. The first-order valence-corrected chi connectivity index (χ1v) is 8.82. The minimum Gasteiger partial charge on any atom is -0.496 e. The number of nitrogens with zero attached hydrogens (tertiary/aromatic N) is 2. The maximum Gasteiger partial charge on any atom is 0.317 e. The molecule has 26 heavy (non-hydrogen) atoms. The SMILES string of the molecule is COc1ccc(F)cc1CC(=O)N1CCN(C(=O)NCC(C)(C)C)CC1. The minimum atomic E-state index is -0.395. The molecule has 1 N–H and O–H groups in total. The van der Waals surface area contributed by atoms with Gasteiger partial charge >= 0.3 is 6.03 Å². The smallest absolute Gasteiger partial charge is 0.317 e. The molecule has 0 radical (unpaired) electrons. The average molecular weight is 365 g/mol. The average Bonchev–Trinajstić information content (AvgIpc) is 2.59. The summed E-state index contributed by atoms with van der Waals surface area (Å²) in [5.74, 6) is 0.0116. The van der Waals surface area contributed by atoms with Gasteiger partial charge in [0.15, 0.2) is 0 Å². The Bertz CT molecular complexity index is 650. The van der Waals surface area contributed by atoms with E-state index < -0.39 is 5.82 Å². The Morgan fingerprint density at radius 1 is 1.15 bits per heavy atom. The Hall–Kier alpha value is -2.31. The second-order valence-corrected chi connectivity index (χ2v) is 7.72. The maximum atomic E-state index is 13.4. The fourth-order valence-electron chi connectivity index (χ4n) is 2.77. The number of hydrogen-bond donors (Lipinski definition) is 1. The zero-order valence-corrected chi connectivity index (χ0v) is 16.0. The Balaban J connectivity index is 1.87. The van der Waals surface area contributed by atoms with E-state index in [2.05, 4.69) is 26.1 Å². The number of ether oxygens (including phenoxy) is 1. The van der Waals surface area contributed by atoms with E-state index >= 15 is 0 Å². The van der Waals surface area contributed by atoms with Crippen molar-refractivity contribution in [1.29, 1.82) is 0 Å². The summed E-state index contributed by atoms with van der Waals surface area (Å²) in [7, 11) is 1.50. The highest BCUT2D eigenvalue weighted by atomic mass is 19.1. The highest BCUT2D eigenvalue weighted by molar-refractivity contribution is 5.80. The van der Waals surface area contributed by atoms with Crippen molar-refractivity contribution >= 4 is 11.9 Å². The number of carbonyl (C=O) groups is 2. The summed E-state index contributed by atoms with van der Waals surface area (Å²) in [5, 5.41) is 2.92. The van der Waals surface area contributed by atoms with Crippen LogP contribution in [0, 0.1) is 11.2 Å². The number of nitrogens with one attached hydrogen (secondary N) is 1. The predicted octanol–water partition coefficient (Wildman–Crippen LogP) is 2.28. The van der Waals surface area contributed by atoms with E-state index in [0.717, 1.165) is 0 Å². The third-order valence-electron chi connectivity index (χ3n) is 4.27. The maximum absolute atomic E-state index is 13.4. The van der Waals surface area contributed by atoms with E-state index in [1.165, 1.54) is 25.3 Å². The summed E-state index contributed by atoms with van der Waals surface area (Å²) in [6.45, 7) is 8.70. The van der Waals surface area contributed by atoms with Gasteiger partial charge in [-0.05, 0) is 23.6 Å². The Kier molecular flexibility index (Phi) is 6.45. The van der Waals surface area contributed by atoms with E-state index in [-0.39, 0.29) is 23.8 Å². The van der Waals surface area contributed by atoms with Crippen molar-refractivity contribution in [2.45, 2.75) is 27.2 Å². The zero-order chi connectivity index (χ0) is 19.3. The molecule has 2 rings (SSSR count). The van der Waals surface area contributed by atoms with Crippen LogP contribution in [-0.4, -0.2) is 61.6 Å². The molecule has 1 aromatic carbocycles. The van der Waals surface area contributed by atoms with Crippen LogP contribution in [0.3, 0.4) is 0 Å². The van der Waals surface area contributed by atoms with Gasteiger partial charge in [-0.15, -0.1) is 0 Å². The van der Waals surface area contributed by atoms with Gasteiger partial charge < -0.3 is 19.9 Å². The molecule has 1 aliphatic heterocycles. The number of piperazine rings is 1. The summed E-state index contributed by atoms with van der Waals surface area (Å²) < 4.78 is 18.6.